The Morgan fingerprint density at radius 1 is 1.50 bits per heavy atom. The molecular formula is C11H19N5O2. The SMILES string of the molecule is CC(Nc1nc[nH]c(=O)c1N)C(=O)NC(C)(C)C. The van der Waals surface area contributed by atoms with Crippen molar-refractivity contribution in [3.63, 3.8) is 0 Å². The Bertz CT molecular complexity index is 489. The number of aromatic amines is 1. The minimum absolute atomic E-state index is 0.0343. The molecule has 0 aliphatic heterocycles. The minimum atomic E-state index is -0.541. The average Bonchev–Trinajstić information content (AvgIpc) is 2.22. The molecule has 1 aromatic heterocycles. The fourth-order valence-corrected chi connectivity index (χ4v) is 1.27. The predicted molar refractivity (Wildman–Crippen MR) is 70.3 cm³/mol. The molecule has 0 saturated heterocycles. The maximum absolute atomic E-state index is 11.8. The lowest BCUT2D eigenvalue weighted by atomic mass is 10.1. The van der Waals surface area contributed by atoms with Gasteiger partial charge in [0.2, 0.25) is 5.91 Å². The molecule has 1 unspecified atom stereocenters. The van der Waals surface area contributed by atoms with E-state index in [0.29, 0.717) is 0 Å². The zero-order valence-corrected chi connectivity index (χ0v) is 11.0. The number of nitrogens with zero attached hydrogens (tertiary/aromatic N) is 1. The highest BCUT2D eigenvalue weighted by Gasteiger charge is 2.20. The van der Waals surface area contributed by atoms with Crippen LogP contribution in [0.15, 0.2) is 11.1 Å². The summed E-state index contributed by atoms with van der Waals surface area (Å²) in [6, 6.07) is -0.541. The van der Waals surface area contributed by atoms with Crippen molar-refractivity contribution in [1.29, 1.82) is 0 Å². The number of hydrogen-bond acceptors (Lipinski definition) is 5. The molecule has 0 radical (unpaired) electrons. The molecule has 0 bridgehead atoms. The Balaban J connectivity index is 2.76. The van der Waals surface area contributed by atoms with Gasteiger partial charge in [0.25, 0.3) is 5.56 Å². The molecule has 100 valence electrons. The zero-order chi connectivity index (χ0) is 13.9. The van der Waals surface area contributed by atoms with Gasteiger partial charge < -0.3 is 21.4 Å². The van der Waals surface area contributed by atoms with Gasteiger partial charge in [0.05, 0.1) is 6.33 Å². The molecule has 1 atom stereocenters. The van der Waals surface area contributed by atoms with Gasteiger partial charge in [-0.1, -0.05) is 0 Å². The molecular weight excluding hydrogens is 234 g/mol. The van der Waals surface area contributed by atoms with E-state index in [-0.39, 0.29) is 23.0 Å². The highest BCUT2D eigenvalue weighted by atomic mass is 16.2. The van der Waals surface area contributed by atoms with Crippen molar-refractivity contribution in [3.05, 3.63) is 16.7 Å². The van der Waals surface area contributed by atoms with E-state index in [9.17, 15) is 9.59 Å². The molecule has 7 nitrogen and oxygen atoms in total. The van der Waals surface area contributed by atoms with E-state index in [1.54, 1.807) is 6.92 Å². The van der Waals surface area contributed by atoms with E-state index >= 15 is 0 Å². The molecule has 1 rings (SSSR count). The average molecular weight is 253 g/mol. The number of rotatable bonds is 3. The van der Waals surface area contributed by atoms with Gasteiger partial charge in [-0.2, -0.15) is 0 Å². The normalized spacial score (nSPS) is 12.9. The molecule has 1 heterocycles. The quantitative estimate of drug-likeness (QED) is 0.608. The van der Waals surface area contributed by atoms with Crippen LogP contribution < -0.4 is 21.9 Å². The Labute approximate surface area is 105 Å². The van der Waals surface area contributed by atoms with Crippen LogP contribution in [0.25, 0.3) is 0 Å². The second-order valence-electron chi connectivity index (χ2n) is 5.10. The summed E-state index contributed by atoms with van der Waals surface area (Å²) in [7, 11) is 0. The van der Waals surface area contributed by atoms with Crippen LogP contribution in [0.3, 0.4) is 0 Å². The Hall–Kier alpha value is -2.05. The van der Waals surface area contributed by atoms with Gasteiger partial charge in [-0.05, 0) is 27.7 Å². The Kier molecular flexibility index (Phi) is 3.95. The number of nitrogens with one attached hydrogen (secondary N) is 3. The summed E-state index contributed by atoms with van der Waals surface area (Å²) in [5, 5.41) is 5.62. The monoisotopic (exact) mass is 253 g/mol. The lowest BCUT2D eigenvalue weighted by Crippen LogP contribution is -2.47. The maximum Gasteiger partial charge on any atom is 0.276 e. The van der Waals surface area contributed by atoms with Crippen molar-refractivity contribution < 1.29 is 4.79 Å². The number of anilines is 2. The van der Waals surface area contributed by atoms with E-state index in [1.807, 2.05) is 20.8 Å². The Morgan fingerprint density at radius 2 is 2.11 bits per heavy atom. The molecule has 1 aromatic rings. The molecule has 5 N–H and O–H groups in total. The summed E-state index contributed by atoms with van der Waals surface area (Å²) in [6.45, 7) is 7.33. The third-order valence-corrected chi connectivity index (χ3v) is 2.13. The second-order valence-corrected chi connectivity index (χ2v) is 5.10. The number of H-pyrrole nitrogens is 1. The van der Waals surface area contributed by atoms with E-state index < -0.39 is 11.6 Å². The number of nitrogen functional groups attached to an aromatic ring is 1. The van der Waals surface area contributed by atoms with Crippen LogP contribution in [-0.4, -0.2) is 27.5 Å². The fraction of sp³-hybridized carbons (Fsp3) is 0.545. The van der Waals surface area contributed by atoms with E-state index in [2.05, 4.69) is 20.6 Å². The van der Waals surface area contributed by atoms with Crippen molar-refractivity contribution >= 4 is 17.4 Å². The highest BCUT2D eigenvalue weighted by molar-refractivity contribution is 5.85. The third kappa shape index (κ3) is 3.76. The molecule has 0 spiro atoms. The summed E-state index contributed by atoms with van der Waals surface area (Å²) in [6.07, 6.45) is 1.23. The Morgan fingerprint density at radius 3 is 2.67 bits per heavy atom. The zero-order valence-electron chi connectivity index (χ0n) is 11.0. The van der Waals surface area contributed by atoms with Gasteiger partial charge in [-0.25, -0.2) is 4.98 Å². The van der Waals surface area contributed by atoms with Crippen molar-refractivity contribution in [2.75, 3.05) is 11.1 Å². The highest BCUT2D eigenvalue weighted by Crippen LogP contribution is 2.09. The number of aromatic nitrogens is 2. The van der Waals surface area contributed by atoms with Crippen LogP contribution in [0.1, 0.15) is 27.7 Å². The maximum atomic E-state index is 11.8. The van der Waals surface area contributed by atoms with Crippen molar-refractivity contribution in [2.45, 2.75) is 39.3 Å². The standard InChI is InChI=1S/C11H19N5O2/c1-6(9(17)16-11(2,3)4)15-8-7(12)10(18)14-5-13-8/h5-6H,12H2,1-4H3,(H,16,17)(H2,13,14,15,18). The number of nitrogens with two attached hydrogens (primary N) is 1. The van der Waals surface area contributed by atoms with E-state index in [0.717, 1.165) is 0 Å². The minimum Gasteiger partial charge on any atom is -0.391 e. The predicted octanol–water partition coefficient (Wildman–Crippen LogP) is 0.0672. The summed E-state index contributed by atoms with van der Waals surface area (Å²) >= 11 is 0. The largest absolute Gasteiger partial charge is 0.391 e. The lowest BCUT2D eigenvalue weighted by molar-refractivity contribution is -0.122. The first-order valence-corrected chi connectivity index (χ1v) is 5.62. The summed E-state index contributed by atoms with van der Waals surface area (Å²) in [5.41, 5.74) is 4.77. The first-order valence-electron chi connectivity index (χ1n) is 5.62. The molecule has 0 aliphatic carbocycles. The molecule has 1 amide bonds. The topological polar surface area (TPSA) is 113 Å². The third-order valence-electron chi connectivity index (χ3n) is 2.13. The van der Waals surface area contributed by atoms with Gasteiger partial charge >= 0.3 is 0 Å². The summed E-state index contributed by atoms with van der Waals surface area (Å²) in [5.74, 6) is 0.0132. The second kappa shape index (κ2) is 5.07. The van der Waals surface area contributed by atoms with Crippen LogP contribution in [0.4, 0.5) is 11.5 Å². The molecule has 0 saturated carbocycles. The number of carbonyl (C=O) groups excluding carboxylic acids is 1. The summed E-state index contributed by atoms with van der Waals surface area (Å²) in [4.78, 5) is 29.3. The van der Waals surface area contributed by atoms with Crippen LogP contribution >= 0.6 is 0 Å². The van der Waals surface area contributed by atoms with E-state index in [4.69, 9.17) is 5.73 Å². The summed E-state index contributed by atoms with van der Waals surface area (Å²) < 4.78 is 0. The molecule has 0 aromatic carbocycles. The van der Waals surface area contributed by atoms with Gasteiger partial charge in [-0.3, -0.25) is 9.59 Å². The van der Waals surface area contributed by atoms with Gasteiger partial charge in [0, 0.05) is 5.54 Å². The molecule has 7 heteroatoms. The van der Waals surface area contributed by atoms with Gasteiger partial charge in [-0.15, -0.1) is 0 Å². The van der Waals surface area contributed by atoms with Crippen LogP contribution in [-0.2, 0) is 4.79 Å². The lowest BCUT2D eigenvalue weighted by Gasteiger charge is -2.24. The van der Waals surface area contributed by atoms with Gasteiger partial charge in [0.15, 0.2) is 5.82 Å². The van der Waals surface area contributed by atoms with Gasteiger partial charge in [0.1, 0.15) is 11.7 Å². The number of amides is 1. The van der Waals surface area contributed by atoms with E-state index in [1.165, 1.54) is 6.33 Å². The smallest absolute Gasteiger partial charge is 0.276 e. The van der Waals surface area contributed by atoms with Crippen molar-refractivity contribution in [1.82, 2.24) is 15.3 Å². The van der Waals surface area contributed by atoms with Crippen molar-refractivity contribution in [3.8, 4) is 0 Å². The first-order chi connectivity index (χ1) is 8.20. The van der Waals surface area contributed by atoms with Crippen LogP contribution in [0, 0.1) is 0 Å². The van der Waals surface area contributed by atoms with Crippen LogP contribution in [0.2, 0.25) is 0 Å². The van der Waals surface area contributed by atoms with Crippen LogP contribution in [0.5, 0.6) is 0 Å². The first kappa shape index (κ1) is 14.0. The number of carbonyl (C=O) groups is 1. The number of hydrogen-bond donors (Lipinski definition) is 4. The fourth-order valence-electron chi connectivity index (χ4n) is 1.27. The molecule has 0 aliphatic rings. The molecule has 18 heavy (non-hydrogen) atoms. The molecule has 0 fully saturated rings. The van der Waals surface area contributed by atoms with Crippen molar-refractivity contribution in [2.24, 2.45) is 0 Å².